The van der Waals surface area contributed by atoms with Crippen LogP contribution in [0.4, 0.5) is 0 Å². The summed E-state index contributed by atoms with van der Waals surface area (Å²) in [6.07, 6.45) is 2.09. The van der Waals surface area contributed by atoms with Gasteiger partial charge in [-0.3, -0.25) is 4.79 Å². The van der Waals surface area contributed by atoms with Gasteiger partial charge in [0.2, 0.25) is 0 Å². The van der Waals surface area contributed by atoms with Gasteiger partial charge < -0.3 is 9.84 Å². The molecule has 0 heterocycles. The summed E-state index contributed by atoms with van der Waals surface area (Å²) in [6.45, 7) is 3.14. The first-order chi connectivity index (χ1) is 8.22. The van der Waals surface area contributed by atoms with Crippen molar-refractivity contribution in [1.29, 1.82) is 0 Å². The fourth-order valence-electron chi connectivity index (χ4n) is 1.82. The highest BCUT2D eigenvalue weighted by atomic mass is 16.5. The second kappa shape index (κ2) is 7.85. The largest absolute Gasteiger partial charge is 0.481 e. The molecule has 0 aliphatic heterocycles. The number of hydrogen-bond acceptors (Lipinski definition) is 2. The van der Waals surface area contributed by atoms with Crippen LogP contribution in [-0.2, 0) is 16.1 Å². The van der Waals surface area contributed by atoms with E-state index in [-0.39, 0.29) is 12.3 Å². The summed E-state index contributed by atoms with van der Waals surface area (Å²) in [6, 6.07) is 9.92. The SMILES string of the molecule is CCCC(COCc1ccccc1)CC(=O)O. The maximum absolute atomic E-state index is 10.7. The molecule has 3 heteroatoms. The Kier molecular flexibility index (Phi) is 6.33. The second-order valence-electron chi connectivity index (χ2n) is 4.25. The Labute approximate surface area is 102 Å². The number of ether oxygens (including phenoxy) is 1. The predicted octanol–water partition coefficient (Wildman–Crippen LogP) is 3.09. The van der Waals surface area contributed by atoms with Crippen LogP contribution in [0.2, 0.25) is 0 Å². The molecule has 0 radical (unpaired) electrons. The van der Waals surface area contributed by atoms with E-state index in [1.54, 1.807) is 0 Å². The van der Waals surface area contributed by atoms with E-state index in [2.05, 4.69) is 6.92 Å². The minimum atomic E-state index is -0.744. The number of carboxylic acids is 1. The molecule has 0 aromatic heterocycles. The molecule has 1 aromatic rings. The van der Waals surface area contributed by atoms with Gasteiger partial charge in [-0.1, -0.05) is 43.7 Å². The molecule has 1 unspecified atom stereocenters. The van der Waals surface area contributed by atoms with Gasteiger partial charge in [0.1, 0.15) is 0 Å². The highest BCUT2D eigenvalue weighted by Gasteiger charge is 2.12. The topological polar surface area (TPSA) is 46.5 Å². The molecule has 3 nitrogen and oxygen atoms in total. The lowest BCUT2D eigenvalue weighted by molar-refractivity contribution is -0.138. The fourth-order valence-corrected chi connectivity index (χ4v) is 1.82. The summed E-state index contributed by atoms with van der Waals surface area (Å²) in [5, 5.41) is 8.77. The number of carboxylic acid groups (broad SMARTS) is 1. The molecule has 1 N–H and O–H groups in total. The third kappa shape index (κ3) is 6.07. The minimum absolute atomic E-state index is 0.126. The van der Waals surface area contributed by atoms with Gasteiger partial charge in [-0.2, -0.15) is 0 Å². The van der Waals surface area contributed by atoms with Crippen LogP contribution in [-0.4, -0.2) is 17.7 Å². The minimum Gasteiger partial charge on any atom is -0.481 e. The van der Waals surface area contributed by atoms with E-state index < -0.39 is 5.97 Å². The molecule has 0 fully saturated rings. The van der Waals surface area contributed by atoms with E-state index >= 15 is 0 Å². The molecule has 0 aliphatic rings. The average molecular weight is 236 g/mol. The molecule has 17 heavy (non-hydrogen) atoms. The zero-order chi connectivity index (χ0) is 12.5. The first-order valence-corrected chi connectivity index (χ1v) is 6.05. The van der Waals surface area contributed by atoms with Gasteiger partial charge in [-0.25, -0.2) is 0 Å². The molecule has 0 saturated carbocycles. The first kappa shape index (κ1) is 13.7. The normalized spacial score (nSPS) is 12.3. The lowest BCUT2D eigenvalue weighted by atomic mass is 10.0. The second-order valence-corrected chi connectivity index (χ2v) is 4.25. The Hall–Kier alpha value is -1.35. The van der Waals surface area contributed by atoms with Crippen molar-refractivity contribution >= 4 is 5.97 Å². The van der Waals surface area contributed by atoms with Crippen molar-refractivity contribution in [2.24, 2.45) is 5.92 Å². The first-order valence-electron chi connectivity index (χ1n) is 6.05. The maximum Gasteiger partial charge on any atom is 0.303 e. The van der Waals surface area contributed by atoms with Crippen LogP contribution in [0.15, 0.2) is 30.3 Å². The molecule has 94 valence electrons. The van der Waals surface area contributed by atoms with Crippen molar-refractivity contribution < 1.29 is 14.6 Å². The van der Waals surface area contributed by atoms with E-state index in [9.17, 15) is 4.79 Å². The number of carbonyl (C=O) groups is 1. The Balaban J connectivity index is 2.29. The number of rotatable bonds is 8. The smallest absolute Gasteiger partial charge is 0.303 e. The monoisotopic (exact) mass is 236 g/mol. The van der Waals surface area contributed by atoms with Crippen molar-refractivity contribution in [3.8, 4) is 0 Å². The van der Waals surface area contributed by atoms with Crippen molar-refractivity contribution in [2.45, 2.75) is 32.8 Å². The van der Waals surface area contributed by atoms with Crippen LogP contribution >= 0.6 is 0 Å². The van der Waals surface area contributed by atoms with E-state index in [1.807, 2.05) is 30.3 Å². The van der Waals surface area contributed by atoms with E-state index in [0.29, 0.717) is 13.2 Å². The Morgan fingerprint density at radius 2 is 2.06 bits per heavy atom. The molecule has 0 amide bonds. The van der Waals surface area contributed by atoms with Crippen LogP contribution < -0.4 is 0 Å². The van der Waals surface area contributed by atoms with E-state index in [0.717, 1.165) is 18.4 Å². The van der Waals surface area contributed by atoms with Crippen LogP contribution in [0, 0.1) is 5.92 Å². The standard InChI is InChI=1S/C14H20O3/c1-2-6-13(9-14(15)16)11-17-10-12-7-4-3-5-8-12/h3-5,7-8,13H,2,6,9-11H2,1H3,(H,15,16). The molecule has 0 saturated heterocycles. The Morgan fingerprint density at radius 3 is 2.65 bits per heavy atom. The molecular weight excluding hydrogens is 216 g/mol. The van der Waals surface area contributed by atoms with Gasteiger partial charge in [0.15, 0.2) is 0 Å². The number of benzene rings is 1. The van der Waals surface area contributed by atoms with Crippen LogP contribution in [0.25, 0.3) is 0 Å². The lowest BCUT2D eigenvalue weighted by Crippen LogP contribution is -2.14. The summed E-state index contributed by atoms with van der Waals surface area (Å²) < 4.78 is 5.57. The lowest BCUT2D eigenvalue weighted by Gasteiger charge is -2.14. The summed E-state index contributed by atoms with van der Waals surface area (Å²) in [4.78, 5) is 10.7. The average Bonchev–Trinajstić information content (AvgIpc) is 2.30. The van der Waals surface area contributed by atoms with Gasteiger partial charge in [-0.15, -0.1) is 0 Å². The van der Waals surface area contributed by atoms with Gasteiger partial charge in [-0.05, 0) is 17.9 Å². The summed E-state index contributed by atoms with van der Waals surface area (Å²) in [5.41, 5.74) is 1.12. The van der Waals surface area contributed by atoms with Gasteiger partial charge in [0.05, 0.1) is 19.6 Å². The maximum atomic E-state index is 10.7. The van der Waals surface area contributed by atoms with Gasteiger partial charge in [0.25, 0.3) is 0 Å². The highest BCUT2D eigenvalue weighted by molar-refractivity contribution is 5.67. The van der Waals surface area contributed by atoms with Crippen molar-refractivity contribution in [3.63, 3.8) is 0 Å². The van der Waals surface area contributed by atoms with E-state index in [4.69, 9.17) is 9.84 Å². The Bertz CT molecular complexity index is 321. The van der Waals surface area contributed by atoms with Crippen molar-refractivity contribution in [2.75, 3.05) is 6.61 Å². The third-order valence-corrected chi connectivity index (χ3v) is 2.63. The van der Waals surface area contributed by atoms with E-state index in [1.165, 1.54) is 0 Å². The number of aliphatic carboxylic acids is 1. The van der Waals surface area contributed by atoms with Crippen LogP contribution in [0.3, 0.4) is 0 Å². The quantitative estimate of drug-likeness (QED) is 0.754. The molecule has 0 aliphatic carbocycles. The molecular formula is C14H20O3. The third-order valence-electron chi connectivity index (χ3n) is 2.63. The molecule has 1 aromatic carbocycles. The van der Waals surface area contributed by atoms with Gasteiger partial charge in [0, 0.05) is 0 Å². The van der Waals surface area contributed by atoms with Crippen LogP contribution in [0.5, 0.6) is 0 Å². The molecule has 1 atom stereocenters. The number of hydrogen-bond donors (Lipinski definition) is 1. The molecule has 0 spiro atoms. The zero-order valence-corrected chi connectivity index (χ0v) is 10.3. The summed E-state index contributed by atoms with van der Waals surface area (Å²) in [5.74, 6) is -0.618. The van der Waals surface area contributed by atoms with Crippen LogP contribution in [0.1, 0.15) is 31.7 Å². The van der Waals surface area contributed by atoms with Gasteiger partial charge >= 0.3 is 5.97 Å². The predicted molar refractivity (Wildman–Crippen MR) is 66.7 cm³/mol. The molecule has 1 rings (SSSR count). The summed E-state index contributed by atoms with van der Waals surface area (Å²) >= 11 is 0. The van der Waals surface area contributed by atoms with Crippen molar-refractivity contribution in [1.82, 2.24) is 0 Å². The van der Waals surface area contributed by atoms with Crippen molar-refractivity contribution in [3.05, 3.63) is 35.9 Å². The summed E-state index contributed by atoms with van der Waals surface area (Å²) in [7, 11) is 0. The fraction of sp³-hybridized carbons (Fsp3) is 0.500. The highest BCUT2D eigenvalue weighted by Crippen LogP contribution is 2.13. The molecule has 0 bridgehead atoms. The Morgan fingerprint density at radius 1 is 1.35 bits per heavy atom. The zero-order valence-electron chi connectivity index (χ0n) is 10.3.